The van der Waals surface area contributed by atoms with Crippen LogP contribution in [0.25, 0.3) is 6.08 Å². The van der Waals surface area contributed by atoms with Crippen LogP contribution in [0, 0.1) is 0 Å². The van der Waals surface area contributed by atoms with Crippen LogP contribution in [0.1, 0.15) is 21.5 Å². The monoisotopic (exact) mass is 622 g/mol. The molecule has 0 saturated carbocycles. The molecule has 0 bridgehead atoms. The average Bonchev–Trinajstić information content (AvgIpc) is 3.11. The molecule has 0 radical (unpaired) electrons. The molecule has 1 fully saturated rings. The fourth-order valence-corrected chi connectivity index (χ4v) is 5.44. The summed E-state index contributed by atoms with van der Waals surface area (Å²) in [6.45, 7) is 0.198. The third kappa shape index (κ3) is 6.04. The van der Waals surface area contributed by atoms with E-state index in [4.69, 9.17) is 44.9 Å². The van der Waals surface area contributed by atoms with E-state index in [1.807, 2.05) is 0 Å². The first-order valence-electron chi connectivity index (χ1n) is 10.3. The van der Waals surface area contributed by atoms with E-state index in [2.05, 4.69) is 21.4 Å². The molecule has 184 valence electrons. The van der Waals surface area contributed by atoms with Crippen LogP contribution in [-0.2, 0) is 11.4 Å². The van der Waals surface area contributed by atoms with Crippen molar-refractivity contribution >= 4 is 85.3 Å². The number of benzene rings is 3. The lowest BCUT2D eigenvalue weighted by Gasteiger charge is -2.15. The quantitative estimate of drug-likeness (QED) is 0.228. The Morgan fingerprint density at radius 1 is 1.17 bits per heavy atom. The van der Waals surface area contributed by atoms with Crippen LogP contribution in [0.3, 0.4) is 0 Å². The van der Waals surface area contributed by atoms with Crippen LogP contribution in [0.4, 0.5) is 0 Å². The molecule has 2 amide bonds. The molecule has 0 aliphatic carbocycles. The molecule has 36 heavy (non-hydrogen) atoms. The molecule has 3 aromatic carbocycles. The zero-order valence-corrected chi connectivity index (χ0v) is 23.3. The topological polar surface area (TPSA) is 67.9 Å². The lowest BCUT2D eigenvalue weighted by molar-refractivity contribution is -0.123. The van der Waals surface area contributed by atoms with E-state index in [1.165, 1.54) is 7.11 Å². The number of ether oxygens (including phenoxy) is 2. The minimum absolute atomic E-state index is 0.198. The van der Waals surface area contributed by atoms with E-state index in [0.717, 1.165) is 22.3 Å². The van der Waals surface area contributed by atoms with Crippen molar-refractivity contribution in [2.75, 3.05) is 7.11 Å². The number of halogens is 3. The number of thiocarbonyl (C=S) groups is 1. The zero-order valence-electron chi connectivity index (χ0n) is 18.6. The number of carbonyl (C=O) groups excluding carboxylic acids is 2. The number of hydrazine groups is 1. The summed E-state index contributed by atoms with van der Waals surface area (Å²) in [5.41, 5.74) is 4.42. The van der Waals surface area contributed by atoms with E-state index >= 15 is 0 Å². The van der Waals surface area contributed by atoms with E-state index < -0.39 is 11.8 Å². The Morgan fingerprint density at radius 2 is 1.92 bits per heavy atom. The van der Waals surface area contributed by atoms with Crippen LogP contribution >= 0.6 is 63.1 Å². The Morgan fingerprint density at radius 3 is 2.61 bits per heavy atom. The first-order chi connectivity index (χ1) is 17.3. The summed E-state index contributed by atoms with van der Waals surface area (Å²) in [4.78, 5) is 25.8. The van der Waals surface area contributed by atoms with Gasteiger partial charge in [-0.25, -0.2) is 0 Å². The summed E-state index contributed by atoms with van der Waals surface area (Å²) in [5.74, 6) is 0.0684. The lowest BCUT2D eigenvalue weighted by atomic mass is 10.1. The standard InChI is InChI=1S/C25H17BrCl2N2O4S2/c1-33-20-10-14(9-18(26)22(20)34-13-16-7-8-17(27)12-19(16)28)11-21-24(32)30(25(35)36-21)29-23(31)15-5-3-2-4-6-15/h2-12H,13H2,1H3,(H,29,31)/b21-11+. The van der Waals surface area contributed by atoms with E-state index in [0.29, 0.717) is 42.0 Å². The molecule has 6 nitrogen and oxygen atoms in total. The van der Waals surface area contributed by atoms with Gasteiger partial charge in [0.15, 0.2) is 15.8 Å². The van der Waals surface area contributed by atoms with Crippen molar-refractivity contribution in [2.24, 2.45) is 0 Å². The van der Waals surface area contributed by atoms with E-state index in [1.54, 1.807) is 66.7 Å². The number of hydrogen-bond acceptors (Lipinski definition) is 6. The number of hydrogen-bond donors (Lipinski definition) is 1. The fourth-order valence-electron chi connectivity index (χ4n) is 3.22. The molecule has 1 heterocycles. The molecule has 1 aliphatic rings. The molecule has 0 aromatic heterocycles. The third-order valence-electron chi connectivity index (χ3n) is 4.98. The van der Waals surface area contributed by atoms with Crippen LogP contribution < -0.4 is 14.9 Å². The summed E-state index contributed by atoms with van der Waals surface area (Å²) in [6.07, 6.45) is 1.67. The molecule has 1 saturated heterocycles. The SMILES string of the molecule is COc1cc(/C=C2/SC(=S)N(NC(=O)c3ccccc3)C2=O)cc(Br)c1OCc1ccc(Cl)cc1Cl. The highest BCUT2D eigenvalue weighted by Crippen LogP contribution is 2.39. The second-order valence-electron chi connectivity index (χ2n) is 7.38. The number of nitrogens with one attached hydrogen (secondary N) is 1. The van der Waals surface area contributed by atoms with Gasteiger partial charge in [0, 0.05) is 21.2 Å². The predicted molar refractivity (Wildman–Crippen MR) is 150 cm³/mol. The molecule has 1 N–H and O–H groups in total. The van der Waals surface area contributed by atoms with Gasteiger partial charge in [0.05, 0.1) is 16.5 Å². The number of amides is 2. The molecule has 11 heteroatoms. The minimum Gasteiger partial charge on any atom is -0.493 e. The molecule has 0 atom stereocenters. The maximum atomic E-state index is 13.0. The Bertz CT molecular complexity index is 1390. The van der Waals surface area contributed by atoms with E-state index in [9.17, 15) is 9.59 Å². The van der Waals surface area contributed by atoms with Crippen LogP contribution in [0.2, 0.25) is 10.0 Å². The van der Waals surface area contributed by atoms with Crippen molar-refractivity contribution in [3.05, 3.63) is 96.8 Å². The number of methoxy groups -OCH3 is 1. The van der Waals surface area contributed by atoms with Crippen LogP contribution in [-0.4, -0.2) is 28.3 Å². The Hall–Kier alpha value is -2.56. The van der Waals surface area contributed by atoms with E-state index in [-0.39, 0.29) is 10.9 Å². The van der Waals surface area contributed by atoms with Crippen molar-refractivity contribution in [3.63, 3.8) is 0 Å². The second-order valence-corrected chi connectivity index (χ2v) is 10.8. The number of rotatable bonds is 7. The van der Waals surface area contributed by atoms with Gasteiger partial charge in [-0.05, 0) is 76.2 Å². The number of carbonyl (C=O) groups is 2. The Kier molecular flexibility index (Phi) is 8.58. The maximum Gasteiger partial charge on any atom is 0.285 e. The molecule has 3 aromatic rings. The van der Waals surface area contributed by atoms with Gasteiger partial charge in [-0.1, -0.05) is 59.2 Å². The summed E-state index contributed by atoms with van der Waals surface area (Å²) in [7, 11) is 1.52. The van der Waals surface area contributed by atoms with Gasteiger partial charge in [0.1, 0.15) is 6.61 Å². The Balaban J connectivity index is 1.52. The van der Waals surface area contributed by atoms with Crippen molar-refractivity contribution in [1.82, 2.24) is 10.4 Å². The molecule has 0 unspecified atom stereocenters. The van der Waals surface area contributed by atoms with Crippen molar-refractivity contribution < 1.29 is 19.1 Å². The predicted octanol–water partition coefficient (Wildman–Crippen LogP) is 6.89. The van der Waals surface area contributed by atoms with Gasteiger partial charge in [-0.3, -0.25) is 15.0 Å². The largest absolute Gasteiger partial charge is 0.493 e. The van der Waals surface area contributed by atoms with Gasteiger partial charge in [0.25, 0.3) is 11.8 Å². The minimum atomic E-state index is -0.431. The number of nitrogens with zero attached hydrogens (tertiary/aromatic N) is 1. The molecular formula is C25H17BrCl2N2O4S2. The first-order valence-corrected chi connectivity index (χ1v) is 13.1. The third-order valence-corrected chi connectivity index (χ3v) is 7.46. The van der Waals surface area contributed by atoms with Crippen molar-refractivity contribution in [2.45, 2.75) is 6.61 Å². The highest BCUT2D eigenvalue weighted by atomic mass is 79.9. The summed E-state index contributed by atoms with van der Waals surface area (Å²) < 4.78 is 12.3. The smallest absolute Gasteiger partial charge is 0.285 e. The normalized spacial score (nSPS) is 14.3. The van der Waals surface area contributed by atoms with Gasteiger partial charge in [-0.15, -0.1) is 0 Å². The van der Waals surface area contributed by atoms with Gasteiger partial charge in [-0.2, -0.15) is 5.01 Å². The second kappa shape index (κ2) is 11.7. The summed E-state index contributed by atoms with van der Waals surface area (Å²) in [5, 5.41) is 2.10. The van der Waals surface area contributed by atoms with Gasteiger partial charge >= 0.3 is 0 Å². The highest BCUT2D eigenvalue weighted by Gasteiger charge is 2.34. The maximum absolute atomic E-state index is 13.0. The molecule has 1 aliphatic heterocycles. The van der Waals surface area contributed by atoms with Crippen molar-refractivity contribution in [1.29, 1.82) is 0 Å². The Labute approximate surface area is 235 Å². The molecule has 0 spiro atoms. The van der Waals surface area contributed by atoms with Gasteiger partial charge < -0.3 is 9.47 Å². The number of thioether (sulfide) groups is 1. The lowest BCUT2D eigenvalue weighted by Crippen LogP contribution is -2.44. The molecule has 4 rings (SSSR count). The fraction of sp³-hybridized carbons (Fsp3) is 0.0800. The summed E-state index contributed by atoms with van der Waals surface area (Å²) in [6, 6.07) is 17.3. The highest BCUT2D eigenvalue weighted by molar-refractivity contribution is 9.10. The van der Waals surface area contributed by atoms with Gasteiger partial charge in [0.2, 0.25) is 0 Å². The molecular weight excluding hydrogens is 607 g/mol. The van der Waals surface area contributed by atoms with Crippen LogP contribution in [0.15, 0.2) is 70.0 Å². The zero-order chi connectivity index (χ0) is 25.8. The van der Waals surface area contributed by atoms with Crippen molar-refractivity contribution in [3.8, 4) is 11.5 Å². The average molecular weight is 624 g/mol. The first kappa shape index (κ1) is 26.5. The van der Waals surface area contributed by atoms with Crippen LogP contribution in [0.5, 0.6) is 11.5 Å². The summed E-state index contributed by atoms with van der Waals surface area (Å²) >= 11 is 22.1.